The Hall–Kier alpha value is -2.50. The zero-order chi connectivity index (χ0) is 24.3. The first-order valence-electron chi connectivity index (χ1n) is 11.6. The number of rotatable bonds is 6. The molecule has 1 saturated heterocycles. The molecule has 2 aliphatic carbocycles. The van der Waals surface area contributed by atoms with Gasteiger partial charge in [0.2, 0.25) is 5.92 Å². The molecular formula is C22H27F5N6O. The largest absolute Gasteiger partial charge is 0.391 e. The Labute approximate surface area is 192 Å². The number of hydrogen-bond acceptors (Lipinski definition) is 4. The minimum Gasteiger partial charge on any atom is -0.333 e. The molecular weight excluding hydrogens is 459 g/mol. The minimum atomic E-state index is -4.36. The highest BCUT2D eigenvalue weighted by molar-refractivity contribution is 5.77. The molecule has 3 N–H and O–H groups in total. The van der Waals surface area contributed by atoms with Crippen molar-refractivity contribution < 1.29 is 26.7 Å². The number of hydrogen-bond donors (Lipinski definition) is 2. The van der Waals surface area contributed by atoms with Crippen LogP contribution in [0.4, 0.5) is 26.7 Å². The molecule has 5 rings (SSSR count). The van der Waals surface area contributed by atoms with Gasteiger partial charge in [-0.2, -0.15) is 18.3 Å². The maximum atomic E-state index is 13.5. The third-order valence-corrected chi connectivity index (χ3v) is 7.20. The van der Waals surface area contributed by atoms with Crippen molar-refractivity contribution in [1.29, 1.82) is 0 Å². The summed E-state index contributed by atoms with van der Waals surface area (Å²) in [6.07, 6.45) is -0.0959. The third kappa shape index (κ3) is 4.82. The number of nitrogens with zero attached hydrogens (tertiary/aromatic N) is 4. The van der Waals surface area contributed by atoms with E-state index in [1.54, 1.807) is 23.0 Å². The van der Waals surface area contributed by atoms with Crippen LogP contribution in [0.2, 0.25) is 0 Å². The number of fused-ring (bicyclic) bond motifs is 1. The Kier molecular flexibility index (Phi) is 5.69. The fraction of sp³-hybridized carbons (Fsp3) is 0.682. The number of carbonyl (C=O) groups excluding carboxylic acids is 1. The number of imidazole rings is 1. The Morgan fingerprint density at radius 3 is 2.53 bits per heavy atom. The zero-order valence-corrected chi connectivity index (χ0v) is 18.4. The molecule has 7 nitrogen and oxygen atoms in total. The number of amides is 2. The summed E-state index contributed by atoms with van der Waals surface area (Å²) in [5.41, 5.74) is 8.13. The molecule has 2 amide bonds. The highest BCUT2D eigenvalue weighted by Gasteiger charge is 2.45. The van der Waals surface area contributed by atoms with E-state index in [-0.39, 0.29) is 37.3 Å². The highest BCUT2D eigenvalue weighted by atomic mass is 19.4. The van der Waals surface area contributed by atoms with Gasteiger partial charge < -0.3 is 16.0 Å². The molecule has 2 saturated carbocycles. The van der Waals surface area contributed by atoms with Crippen LogP contribution in [-0.4, -0.2) is 50.2 Å². The summed E-state index contributed by atoms with van der Waals surface area (Å²) in [6, 6.07) is -0.584. The Morgan fingerprint density at radius 2 is 1.88 bits per heavy atom. The smallest absolute Gasteiger partial charge is 0.333 e. The maximum absolute atomic E-state index is 13.5. The summed E-state index contributed by atoms with van der Waals surface area (Å²) in [5.74, 6) is -2.58. The molecule has 0 spiro atoms. The van der Waals surface area contributed by atoms with Crippen LogP contribution in [0.1, 0.15) is 68.3 Å². The number of nitrogens with one attached hydrogen (secondary N) is 1. The van der Waals surface area contributed by atoms with E-state index >= 15 is 0 Å². The van der Waals surface area contributed by atoms with E-state index in [0.29, 0.717) is 29.7 Å². The first kappa shape index (κ1) is 23.3. The fourth-order valence-corrected chi connectivity index (χ4v) is 5.27. The van der Waals surface area contributed by atoms with Gasteiger partial charge in [-0.3, -0.25) is 0 Å². The van der Waals surface area contributed by atoms with Crippen molar-refractivity contribution in [3.8, 4) is 0 Å². The molecule has 2 aromatic heterocycles. The van der Waals surface area contributed by atoms with Crippen molar-refractivity contribution in [2.45, 2.75) is 75.2 Å². The van der Waals surface area contributed by atoms with Gasteiger partial charge in [-0.15, -0.1) is 0 Å². The normalized spacial score (nSPS) is 25.5. The van der Waals surface area contributed by atoms with E-state index in [4.69, 9.17) is 5.73 Å². The van der Waals surface area contributed by atoms with Crippen molar-refractivity contribution >= 4 is 11.7 Å². The molecule has 34 heavy (non-hydrogen) atoms. The lowest BCUT2D eigenvalue weighted by atomic mass is 9.81. The molecule has 1 aliphatic heterocycles. The summed E-state index contributed by atoms with van der Waals surface area (Å²) in [5, 5.41) is 6.85. The second-order valence-corrected chi connectivity index (χ2v) is 9.88. The Morgan fingerprint density at radius 1 is 1.18 bits per heavy atom. The second kappa shape index (κ2) is 8.31. The molecule has 186 valence electrons. The number of alkyl halides is 5. The molecule has 3 fully saturated rings. The quantitative estimate of drug-likeness (QED) is 0.595. The molecule has 2 unspecified atom stereocenters. The van der Waals surface area contributed by atoms with Crippen molar-refractivity contribution in [3.05, 3.63) is 29.7 Å². The van der Waals surface area contributed by atoms with Gasteiger partial charge in [-0.05, 0) is 49.1 Å². The van der Waals surface area contributed by atoms with Gasteiger partial charge in [-0.25, -0.2) is 23.1 Å². The van der Waals surface area contributed by atoms with E-state index in [2.05, 4.69) is 15.4 Å². The number of carbonyl (C=O) groups is 1. The van der Waals surface area contributed by atoms with Crippen LogP contribution in [0, 0.1) is 11.8 Å². The van der Waals surface area contributed by atoms with Gasteiger partial charge in [0.15, 0.2) is 5.65 Å². The predicted octanol–water partition coefficient (Wildman–Crippen LogP) is 4.35. The van der Waals surface area contributed by atoms with Gasteiger partial charge in [0, 0.05) is 19.4 Å². The minimum absolute atomic E-state index is 0.0262. The predicted molar refractivity (Wildman–Crippen MR) is 112 cm³/mol. The van der Waals surface area contributed by atoms with Gasteiger partial charge >= 0.3 is 12.2 Å². The summed E-state index contributed by atoms with van der Waals surface area (Å²) in [6.45, 7) is -0.0262. The fourth-order valence-electron chi connectivity index (χ4n) is 5.27. The van der Waals surface area contributed by atoms with Crippen LogP contribution in [0.25, 0.3) is 5.65 Å². The van der Waals surface area contributed by atoms with Gasteiger partial charge in [-0.1, -0.05) is 0 Å². The van der Waals surface area contributed by atoms with Crippen molar-refractivity contribution in [2.75, 3.05) is 6.54 Å². The van der Waals surface area contributed by atoms with Crippen LogP contribution >= 0.6 is 0 Å². The first-order valence-corrected chi connectivity index (χ1v) is 11.6. The van der Waals surface area contributed by atoms with Crippen LogP contribution in [0.5, 0.6) is 0 Å². The standard InChI is InChI=1S/C22H27F5N6O/c23-21(24)5-3-12(4-6-21)18(28)16-11-33-17(31-16)7-14(9-29-33)19(13-1-2-13)32-10-15(30-20(32)34)8-22(25,26)27/h7,9,11-13,15,18-19H,1-6,8,10,28H2,(H,30,34)/t15-,18?,19?/m0/s1. The lowest BCUT2D eigenvalue weighted by Crippen LogP contribution is -2.33. The number of urea groups is 1. The molecule has 0 radical (unpaired) electrons. The summed E-state index contributed by atoms with van der Waals surface area (Å²) < 4.78 is 67.1. The van der Waals surface area contributed by atoms with Gasteiger partial charge in [0.1, 0.15) is 0 Å². The van der Waals surface area contributed by atoms with E-state index in [0.717, 1.165) is 12.8 Å². The SMILES string of the molecule is NC(c1cn2ncc(C(C3CC3)N3C[C@H](CC(F)(F)F)NC3=O)cc2n1)C1CCC(F)(F)CC1. The topological polar surface area (TPSA) is 88.5 Å². The number of halogens is 5. The Balaban J connectivity index is 1.35. The second-order valence-electron chi connectivity index (χ2n) is 9.88. The zero-order valence-electron chi connectivity index (χ0n) is 18.4. The summed E-state index contributed by atoms with van der Waals surface area (Å²) in [7, 11) is 0. The molecule has 3 aliphatic rings. The molecule has 12 heteroatoms. The van der Waals surface area contributed by atoms with Crippen LogP contribution in [0.15, 0.2) is 18.5 Å². The van der Waals surface area contributed by atoms with E-state index in [1.807, 2.05) is 0 Å². The Bertz CT molecular complexity index is 1060. The van der Waals surface area contributed by atoms with Crippen molar-refractivity contribution in [2.24, 2.45) is 17.6 Å². The van der Waals surface area contributed by atoms with Crippen LogP contribution < -0.4 is 11.1 Å². The highest BCUT2D eigenvalue weighted by Crippen LogP contribution is 2.46. The van der Waals surface area contributed by atoms with Crippen molar-refractivity contribution in [1.82, 2.24) is 24.8 Å². The molecule has 2 aromatic rings. The van der Waals surface area contributed by atoms with E-state index in [1.165, 1.54) is 4.90 Å². The average molecular weight is 486 g/mol. The van der Waals surface area contributed by atoms with Crippen LogP contribution in [0.3, 0.4) is 0 Å². The average Bonchev–Trinajstić information content (AvgIpc) is 3.38. The van der Waals surface area contributed by atoms with E-state index < -0.39 is 36.6 Å². The number of nitrogens with two attached hydrogens (primary N) is 1. The third-order valence-electron chi connectivity index (χ3n) is 7.20. The van der Waals surface area contributed by atoms with Crippen LogP contribution in [-0.2, 0) is 0 Å². The van der Waals surface area contributed by atoms with Gasteiger partial charge in [0.25, 0.3) is 0 Å². The van der Waals surface area contributed by atoms with Crippen molar-refractivity contribution in [3.63, 3.8) is 0 Å². The summed E-state index contributed by atoms with van der Waals surface area (Å²) >= 11 is 0. The molecule has 3 atom stereocenters. The molecule has 0 bridgehead atoms. The lowest BCUT2D eigenvalue weighted by Gasteiger charge is -2.31. The maximum Gasteiger partial charge on any atom is 0.391 e. The summed E-state index contributed by atoms with van der Waals surface area (Å²) in [4.78, 5) is 18.6. The monoisotopic (exact) mass is 486 g/mol. The van der Waals surface area contributed by atoms with Gasteiger partial charge in [0.05, 0.1) is 42.6 Å². The lowest BCUT2D eigenvalue weighted by molar-refractivity contribution is -0.138. The molecule has 0 aromatic carbocycles. The first-order chi connectivity index (χ1) is 16.0. The van der Waals surface area contributed by atoms with E-state index in [9.17, 15) is 26.7 Å². The number of aromatic nitrogens is 3. The molecule has 3 heterocycles.